The lowest BCUT2D eigenvalue weighted by atomic mass is 10.2. The molecule has 0 unspecified atom stereocenters. The van der Waals surface area contributed by atoms with Crippen molar-refractivity contribution < 1.29 is 14.5 Å². The summed E-state index contributed by atoms with van der Waals surface area (Å²) < 4.78 is 5.21. The molecule has 0 heterocycles. The predicted molar refractivity (Wildman–Crippen MR) is 78.7 cm³/mol. The van der Waals surface area contributed by atoms with E-state index in [4.69, 9.17) is 4.74 Å². The van der Waals surface area contributed by atoms with Crippen LogP contribution in [0.3, 0.4) is 0 Å². The molecule has 6 heteroatoms. The first-order chi connectivity index (χ1) is 9.99. The minimum atomic E-state index is -0.561. The number of carbonyl (C=O) groups excluding carboxylic acids is 1. The number of hydrogen-bond acceptors (Lipinski definition) is 4. The summed E-state index contributed by atoms with van der Waals surface area (Å²) in [6, 6.07) is 13.2. The third kappa shape index (κ3) is 3.36. The minimum Gasteiger partial charge on any atom is -0.410 e. The monoisotopic (exact) mass is 286 g/mol. The van der Waals surface area contributed by atoms with Crippen LogP contribution < -0.4 is 9.64 Å². The second kappa shape index (κ2) is 6.04. The summed E-state index contributed by atoms with van der Waals surface area (Å²) in [6.45, 7) is 1.59. The fourth-order valence-corrected chi connectivity index (χ4v) is 1.82. The van der Waals surface area contributed by atoms with Crippen molar-refractivity contribution in [3.05, 3.63) is 64.2 Å². The Bertz CT molecular complexity index is 671. The highest BCUT2D eigenvalue weighted by Crippen LogP contribution is 2.24. The Hall–Kier alpha value is -2.89. The topological polar surface area (TPSA) is 72.7 Å². The second-order valence-corrected chi connectivity index (χ2v) is 4.47. The molecule has 0 atom stereocenters. The Morgan fingerprint density at radius 3 is 2.43 bits per heavy atom. The Kier molecular flexibility index (Phi) is 4.18. The van der Waals surface area contributed by atoms with E-state index in [1.165, 1.54) is 23.1 Å². The van der Waals surface area contributed by atoms with Crippen molar-refractivity contribution in [2.75, 3.05) is 11.9 Å². The molecule has 2 rings (SSSR count). The number of benzene rings is 2. The number of nitro groups is 1. The van der Waals surface area contributed by atoms with Crippen LogP contribution in [-0.4, -0.2) is 18.1 Å². The van der Waals surface area contributed by atoms with Crippen LogP contribution in [0.2, 0.25) is 0 Å². The van der Waals surface area contributed by atoms with Gasteiger partial charge in [-0.05, 0) is 31.2 Å². The summed E-state index contributed by atoms with van der Waals surface area (Å²) in [5, 5.41) is 10.7. The normalized spacial score (nSPS) is 10.0. The standard InChI is InChI=1S/C15H14N2O4/c1-11-10-13(8-9-14(11)17(19)20)21-15(18)16(2)12-6-4-3-5-7-12/h3-10H,1-2H3. The maximum atomic E-state index is 12.0. The van der Waals surface area contributed by atoms with Gasteiger partial charge in [0.2, 0.25) is 0 Å². The fraction of sp³-hybridized carbons (Fsp3) is 0.133. The Labute approximate surface area is 121 Å². The molecule has 0 spiro atoms. The van der Waals surface area contributed by atoms with Gasteiger partial charge in [0.05, 0.1) is 4.92 Å². The van der Waals surface area contributed by atoms with E-state index in [9.17, 15) is 14.9 Å². The molecule has 0 aliphatic heterocycles. The molecule has 0 saturated heterocycles. The van der Waals surface area contributed by atoms with Gasteiger partial charge in [0.15, 0.2) is 0 Å². The lowest BCUT2D eigenvalue weighted by Gasteiger charge is -2.16. The highest BCUT2D eigenvalue weighted by Gasteiger charge is 2.15. The number of para-hydroxylation sites is 1. The predicted octanol–water partition coefficient (Wildman–Crippen LogP) is 3.54. The van der Waals surface area contributed by atoms with Gasteiger partial charge in [-0.25, -0.2) is 4.79 Å². The van der Waals surface area contributed by atoms with E-state index in [-0.39, 0.29) is 11.4 Å². The van der Waals surface area contributed by atoms with Crippen molar-refractivity contribution in [2.45, 2.75) is 6.92 Å². The van der Waals surface area contributed by atoms with E-state index < -0.39 is 11.0 Å². The maximum Gasteiger partial charge on any atom is 0.419 e. The lowest BCUT2D eigenvalue weighted by Crippen LogP contribution is -2.29. The zero-order chi connectivity index (χ0) is 15.4. The van der Waals surface area contributed by atoms with E-state index in [0.717, 1.165) is 0 Å². The molecule has 6 nitrogen and oxygen atoms in total. The first-order valence-electron chi connectivity index (χ1n) is 6.24. The molecule has 0 radical (unpaired) electrons. The van der Waals surface area contributed by atoms with Crippen molar-refractivity contribution in [1.82, 2.24) is 0 Å². The van der Waals surface area contributed by atoms with Crippen molar-refractivity contribution in [3.63, 3.8) is 0 Å². The van der Waals surface area contributed by atoms with Gasteiger partial charge < -0.3 is 4.74 Å². The zero-order valence-electron chi connectivity index (χ0n) is 11.6. The van der Waals surface area contributed by atoms with Gasteiger partial charge in [0, 0.05) is 24.4 Å². The summed E-state index contributed by atoms with van der Waals surface area (Å²) in [7, 11) is 1.59. The van der Waals surface area contributed by atoms with Gasteiger partial charge >= 0.3 is 6.09 Å². The van der Waals surface area contributed by atoms with Crippen LogP contribution in [0.15, 0.2) is 48.5 Å². The molecule has 0 fully saturated rings. The van der Waals surface area contributed by atoms with E-state index in [1.54, 1.807) is 26.1 Å². The molecular weight excluding hydrogens is 272 g/mol. The summed E-state index contributed by atoms with van der Waals surface area (Å²) in [5.74, 6) is 0.269. The van der Waals surface area contributed by atoms with Crippen LogP contribution in [0.1, 0.15) is 5.56 Å². The number of anilines is 1. The molecule has 0 aliphatic rings. The molecule has 1 amide bonds. The smallest absolute Gasteiger partial charge is 0.410 e. The molecule has 0 N–H and O–H groups in total. The third-order valence-corrected chi connectivity index (χ3v) is 2.99. The quantitative estimate of drug-likeness (QED) is 0.639. The number of aryl methyl sites for hydroxylation is 1. The van der Waals surface area contributed by atoms with Crippen LogP contribution in [-0.2, 0) is 0 Å². The Morgan fingerprint density at radius 1 is 1.19 bits per heavy atom. The SMILES string of the molecule is Cc1cc(OC(=O)N(C)c2ccccc2)ccc1[N+](=O)[O-]. The van der Waals surface area contributed by atoms with E-state index >= 15 is 0 Å². The zero-order valence-corrected chi connectivity index (χ0v) is 11.6. The second-order valence-electron chi connectivity index (χ2n) is 4.47. The highest BCUT2D eigenvalue weighted by molar-refractivity contribution is 5.88. The van der Waals surface area contributed by atoms with Gasteiger partial charge in [0.1, 0.15) is 5.75 Å². The molecule has 0 aliphatic carbocycles. The third-order valence-electron chi connectivity index (χ3n) is 2.99. The number of amides is 1. The van der Waals surface area contributed by atoms with Crippen molar-refractivity contribution in [3.8, 4) is 5.75 Å². The van der Waals surface area contributed by atoms with Crippen molar-refractivity contribution >= 4 is 17.5 Å². The lowest BCUT2D eigenvalue weighted by molar-refractivity contribution is -0.385. The number of carbonyl (C=O) groups is 1. The number of nitro benzene ring substituents is 1. The van der Waals surface area contributed by atoms with Crippen molar-refractivity contribution in [2.24, 2.45) is 0 Å². The molecule has 0 aromatic heterocycles. The molecule has 0 bridgehead atoms. The summed E-state index contributed by atoms with van der Waals surface area (Å²) in [4.78, 5) is 23.6. The Morgan fingerprint density at radius 2 is 1.86 bits per heavy atom. The average molecular weight is 286 g/mol. The summed E-state index contributed by atoms with van der Waals surface area (Å²) in [6.07, 6.45) is -0.561. The number of hydrogen-bond donors (Lipinski definition) is 0. The van der Waals surface area contributed by atoms with Crippen LogP contribution >= 0.6 is 0 Å². The molecular formula is C15H14N2O4. The van der Waals surface area contributed by atoms with Crippen LogP contribution in [0.5, 0.6) is 5.75 Å². The molecule has 0 saturated carbocycles. The first kappa shape index (κ1) is 14.5. The van der Waals surface area contributed by atoms with Gasteiger partial charge in [-0.1, -0.05) is 18.2 Å². The molecule has 21 heavy (non-hydrogen) atoms. The minimum absolute atomic E-state index is 0.00814. The Balaban J connectivity index is 2.13. The first-order valence-corrected chi connectivity index (χ1v) is 6.24. The number of rotatable bonds is 3. The largest absolute Gasteiger partial charge is 0.419 e. The van der Waals surface area contributed by atoms with Gasteiger partial charge in [-0.3, -0.25) is 15.0 Å². The molecule has 2 aromatic rings. The van der Waals surface area contributed by atoms with Crippen LogP contribution in [0.25, 0.3) is 0 Å². The van der Waals surface area contributed by atoms with E-state index in [0.29, 0.717) is 11.3 Å². The maximum absolute atomic E-state index is 12.0. The average Bonchev–Trinajstić information content (AvgIpc) is 2.47. The van der Waals surface area contributed by atoms with Crippen LogP contribution in [0, 0.1) is 17.0 Å². The van der Waals surface area contributed by atoms with E-state index in [2.05, 4.69) is 0 Å². The number of nitrogens with zero attached hydrogens (tertiary/aromatic N) is 2. The van der Waals surface area contributed by atoms with Gasteiger partial charge in [-0.15, -0.1) is 0 Å². The number of ether oxygens (including phenoxy) is 1. The molecule has 108 valence electrons. The molecule has 2 aromatic carbocycles. The fourth-order valence-electron chi connectivity index (χ4n) is 1.82. The summed E-state index contributed by atoms with van der Waals surface area (Å²) in [5.41, 5.74) is 1.13. The van der Waals surface area contributed by atoms with Gasteiger partial charge in [-0.2, -0.15) is 0 Å². The van der Waals surface area contributed by atoms with E-state index in [1.807, 2.05) is 18.2 Å². The van der Waals surface area contributed by atoms with Crippen LogP contribution in [0.4, 0.5) is 16.2 Å². The van der Waals surface area contributed by atoms with Crippen molar-refractivity contribution in [1.29, 1.82) is 0 Å². The van der Waals surface area contributed by atoms with Gasteiger partial charge in [0.25, 0.3) is 5.69 Å². The summed E-state index contributed by atoms with van der Waals surface area (Å²) >= 11 is 0. The highest BCUT2D eigenvalue weighted by atomic mass is 16.6.